The molecule has 0 unspecified atom stereocenters. The zero-order valence-electron chi connectivity index (χ0n) is 14.2. The fourth-order valence-corrected chi connectivity index (χ4v) is 2.67. The Morgan fingerprint density at radius 3 is 2.46 bits per heavy atom. The number of carbonyl (C=O) groups excluding carboxylic acids is 1. The number of fused-ring (bicyclic) bond motifs is 1. The molecule has 0 saturated carbocycles. The molecular formula is C17H12F6N4O. The minimum Gasteiger partial charge on any atom is -0.343 e. The van der Waals surface area contributed by atoms with Crippen molar-refractivity contribution in [1.82, 2.24) is 20.1 Å². The molecule has 2 heterocycles. The minimum atomic E-state index is -4.68. The zero-order chi connectivity index (χ0) is 20.7. The number of pyridine rings is 1. The van der Waals surface area contributed by atoms with Crippen LogP contribution < -0.4 is 5.32 Å². The van der Waals surface area contributed by atoms with E-state index in [2.05, 4.69) is 10.1 Å². The average Bonchev–Trinajstić information content (AvgIpc) is 2.99. The van der Waals surface area contributed by atoms with Crippen LogP contribution in [-0.2, 0) is 13.2 Å². The average molecular weight is 402 g/mol. The monoisotopic (exact) mass is 402 g/mol. The third-order valence-electron chi connectivity index (χ3n) is 3.91. The van der Waals surface area contributed by atoms with Crippen molar-refractivity contribution in [3.05, 3.63) is 47.7 Å². The van der Waals surface area contributed by atoms with Crippen LogP contribution in [0.15, 0.2) is 36.5 Å². The van der Waals surface area contributed by atoms with E-state index in [4.69, 9.17) is 0 Å². The largest absolute Gasteiger partial charge is 0.417 e. The van der Waals surface area contributed by atoms with E-state index >= 15 is 0 Å². The zero-order valence-corrected chi connectivity index (χ0v) is 14.2. The molecule has 1 N–H and O–H groups in total. The van der Waals surface area contributed by atoms with Crippen LogP contribution in [0.5, 0.6) is 0 Å². The van der Waals surface area contributed by atoms with Gasteiger partial charge in [-0.1, -0.05) is 18.2 Å². The maximum Gasteiger partial charge on any atom is 0.417 e. The second-order valence-corrected chi connectivity index (χ2v) is 5.90. The highest BCUT2D eigenvalue weighted by molar-refractivity contribution is 6.06. The van der Waals surface area contributed by atoms with Gasteiger partial charge in [-0.2, -0.15) is 31.4 Å². The lowest BCUT2D eigenvalue weighted by molar-refractivity contribution is -0.137. The molecule has 148 valence electrons. The van der Waals surface area contributed by atoms with Crippen molar-refractivity contribution in [1.29, 1.82) is 0 Å². The Balaban J connectivity index is 2.17. The van der Waals surface area contributed by atoms with Crippen LogP contribution in [-0.4, -0.2) is 33.4 Å². The van der Waals surface area contributed by atoms with E-state index in [1.54, 1.807) is 5.32 Å². The maximum absolute atomic E-state index is 13.3. The van der Waals surface area contributed by atoms with Crippen molar-refractivity contribution in [2.45, 2.75) is 12.4 Å². The number of carbonyl (C=O) groups is 1. The molecule has 0 saturated heterocycles. The molecule has 3 aromatic rings. The summed E-state index contributed by atoms with van der Waals surface area (Å²) in [5.74, 6) is -1.09. The standard InChI is InChI=1S/C17H12F6N4O/c1-27-14-11(7-25-27)10(15(28)24-8-16(18,19)20)6-13(26-14)9-4-2-3-5-12(9)17(21,22)23/h2-7H,8H2,1H3,(H,24,28). The Morgan fingerprint density at radius 1 is 1.14 bits per heavy atom. The van der Waals surface area contributed by atoms with Crippen molar-refractivity contribution in [3.63, 3.8) is 0 Å². The molecule has 0 radical (unpaired) electrons. The predicted octanol–water partition coefficient (Wildman–Crippen LogP) is 3.95. The number of amides is 1. The number of aromatic nitrogens is 3. The molecule has 28 heavy (non-hydrogen) atoms. The highest BCUT2D eigenvalue weighted by Gasteiger charge is 2.34. The van der Waals surface area contributed by atoms with Crippen molar-refractivity contribution in [2.75, 3.05) is 6.54 Å². The van der Waals surface area contributed by atoms with E-state index in [1.165, 1.54) is 36.1 Å². The van der Waals surface area contributed by atoms with Crippen LogP contribution in [0.3, 0.4) is 0 Å². The van der Waals surface area contributed by atoms with Gasteiger partial charge in [0.15, 0.2) is 5.65 Å². The lowest BCUT2D eigenvalue weighted by Gasteiger charge is -2.14. The molecule has 2 aromatic heterocycles. The Labute approximate surface area is 154 Å². The smallest absolute Gasteiger partial charge is 0.343 e. The van der Waals surface area contributed by atoms with Crippen LogP contribution in [0.1, 0.15) is 15.9 Å². The first-order chi connectivity index (χ1) is 13.0. The number of alkyl halides is 6. The van der Waals surface area contributed by atoms with E-state index < -0.39 is 30.4 Å². The fourth-order valence-electron chi connectivity index (χ4n) is 2.67. The van der Waals surface area contributed by atoms with Crippen molar-refractivity contribution in [3.8, 4) is 11.3 Å². The quantitative estimate of drug-likeness (QED) is 0.675. The highest BCUT2D eigenvalue weighted by atomic mass is 19.4. The molecule has 0 aliphatic heterocycles. The Bertz CT molecular complexity index is 1040. The van der Waals surface area contributed by atoms with E-state index in [9.17, 15) is 31.1 Å². The Kier molecular flexibility index (Phi) is 4.77. The number of halogens is 6. The summed E-state index contributed by atoms with van der Waals surface area (Å²) < 4.78 is 78.4. The van der Waals surface area contributed by atoms with Crippen molar-refractivity contribution in [2.24, 2.45) is 7.05 Å². The summed E-state index contributed by atoms with van der Waals surface area (Å²) in [6.07, 6.45) is -8.11. The molecular weight excluding hydrogens is 390 g/mol. The number of hydrogen-bond donors (Lipinski definition) is 1. The van der Waals surface area contributed by atoms with Gasteiger partial charge in [-0.3, -0.25) is 9.48 Å². The molecule has 3 rings (SSSR count). The molecule has 0 spiro atoms. The number of aryl methyl sites for hydroxylation is 1. The summed E-state index contributed by atoms with van der Waals surface area (Å²) in [6, 6.07) is 5.62. The van der Waals surface area contributed by atoms with Gasteiger partial charge in [0.2, 0.25) is 0 Å². The summed E-state index contributed by atoms with van der Waals surface area (Å²) in [6.45, 7) is -1.58. The SMILES string of the molecule is Cn1ncc2c(C(=O)NCC(F)(F)F)cc(-c3ccccc3C(F)(F)F)nc21. The number of rotatable bonds is 3. The first kappa shape index (κ1) is 19.6. The van der Waals surface area contributed by atoms with E-state index in [0.717, 1.165) is 12.1 Å². The van der Waals surface area contributed by atoms with E-state index in [1.807, 2.05) is 0 Å². The highest BCUT2D eigenvalue weighted by Crippen LogP contribution is 2.37. The molecule has 1 aromatic carbocycles. The van der Waals surface area contributed by atoms with Crippen LogP contribution >= 0.6 is 0 Å². The Morgan fingerprint density at radius 2 is 1.82 bits per heavy atom. The van der Waals surface area contributed by atoms with Crippen molar-refractivity contribution < 1.29 is 31.1 Å². The lowest BCUT2D eigenvalue weighted by atomic mass is 10.0. The molecule has 1 amide bonds. The minimum absolute atomic E-state index is 0.0617. The van der Waals surface area contributed by atoms with Crippen molar-refractivity contribution >= 4 is 16.9 Å². The summed E-state index contributed by atoms with van der Waals surface area (Å²) in [7, 11) is 1.45. The normalized spacial score (nSPS) is 12.4. The molecule has 0 aliphatic carbocycles. The summed E-state index contributed by atoms with van der Waals surface area (Å²) in [5.41, 5.74) is -1.68. The van der Waals surface area contributed by atoms with Crippen LogP contribution in [0.25, 0.3) is 22.3 Å². The van der Waals surface area contributed by atoms with Gasteiger partial charge in [-0.15, -0.1) is 0 Å². The first-order valence-corrected chi connectivity index (χ1v) is 7.81. The lowest BCUT2D eigenvalue weighted by Crippen LogP contribution is -2.33. The molecule has 0 bridgehead atoms. The predicted molar refractivity (Wildman–Crippen MR) is 87.3 cm³/mol. The molecule has 5 nitrogen and oxygen atoms in total. The number of nitrogens with zero attached hydrogens (tertiary/aromatic N) is 3. The topological polar surface area (TPSA) is 59.8 Å². The maximum atomic E-state index is 13.3. The van der Waals surface area contributed by atoms with Gasteiger partial charge < -0.3 is 5.32 Å². The number of nitrogens with one attached hydrogen (secondary N) is 1. The summed E-state index contributed by atoms with van der Waals surface area (Å²) >= 11 is 0. The van der Waals surface area contributed by atoms with Gasteiger partial charge in [-0.25, -0.2) is 4.98 Å². The van der Waals surface area contributed by atoms with Gasteiger partial charge >= 0.3 is 12.4 Å². The third-order valence-corrected chi connectivity index (χ3v) is 3.91. The van der Waals surface area contributed by atoms with Gasteiger partial charge in [0, 0.05) is 12.6 Å². The third kappa shape index (κ3) is 3.92. The Hall–Kier alpha value is -3.11. The number of benzene rings is 1. The first-order valence-electron chi connectivity index (χ1n) is 7.81. The van der Waals surface area contributed by atoms with Crippen LogP contribution in [0, 0.1) is 0 Å². The molecule has 0 aliphatic rings. The molecule has 0 atom stereocenters. The fraction of sp³-hybridized carbons (Fsp3) is 0.235. The van der Waals surface area contributed by atoms with Gasteiger partial charge in [0.25, 0.3) is 5.91 Å². The molecule has 0 fully saturated rings. The summed E-state index contributed by atoms with van der Waals surface area (Å²) in [4.78, 5) is 16.4. The van der Waals surface area contributed by atoms with Crippen LogP contribution in [0.4, 0.5) is 26.3 Å². The van der Waals surface area contributed by atoms with Gasteiger partial charge in [0.1, 0.15) is 6.54 Å². The van der Waals surface area contributed by atoms with E-state index in [-0.39, 0.29) is 27.9 Å². The van der Waals surface area contributed by atoms with Gasteiger partial charge in [-0.05, 0) is 12.1 Å². The second kappa shape index (κ2) is 6.80. The van der Waals surface area contributed by atoms with Gasteiger partial charge in [0.05, 0.1) is 28.4 Å². The van der Waals surface area contributed by atoms with E-state index in [0.29, 0.717) is 0 Å². The number of hydrogen-bond acceptors (Lipinski definition) is 3. The molecule has 11 heteroatoms. The van der Waals surface area contributed by atoms with Crippen LogP contribution in [0.2, 0.25) is 0 Å². The second-order valence-electron chi connectivity index (χ2n) is 5.90. The summed E-state index contributed by atoms with van der Waals surface area (Å²) in [5, 5.41) is 5.72.